The van der Waals surface area contributed by atoms with Crippen molar-refractivity contribution >= 4 is 12.0 Å². The molecule has 27 heavy (non-hydrogen) atoms. The fourth-order valence-electron chi connectivity index (χ4n) is 2.50. The molecular formula is C20H33N3O4. The van der Waals surface area contributed by atoms with Crippen LogP contribution in [0.4, 0.5) is 4.79 Å². The maximum absolute atomic E-state index is 12.8. The Kier molecular flexibility index (Phi) is 8.69. The molecule has 0 aliphatic carbocycles. The van der Waals surface area contributed by atoms with Gasteiger partial charge in [-0.1, -0.05) is 26.8 Å². The van der Waals surface area contributed by atoms with E-state index in [1.165, 1.54) is 0 Å². The molecule has 0 aliphatic rings. The molecule has 152 valence electrons. The van der Waals surface area contributed by atoms with Crippen LogP contribution in [0, 0.1) is 11.8 Å². The summed E-state index contributed by atoms with van der Waals surface area (Å²) < 4.78 is 5.42. The summed E-state index contributed by atoms with van der Waals surface area (Å²) in [4.78, 5) is 29.4. The van der Waals surface area contributed by atoms with Crippen LogP contribution in [-0.2, 0) is 16.1 Å². The van der Waals surface area contributed by atoms with Crippen LogP contribution in [0.25, 0.3) is 0 Å². The number of ether oxygens (including phenoxy) is 1. The first-order valence-corrected chi connectivity index (χ1v) is 9.41. The van der Waals surface area contributed by atoms with Gasteiger partial charge in [0, 0.05) is 18.3 Å². The third-order valence-electron chi connectivity index (χ3n) is 4.06. The molecule has 0 fully saturated rings. The molecule has 1 aromatic rings. The summed E-state index contributed by atoms with van der Waals surface area (Å²) in [5.74, 6) is -0.712. The second-order valence-corrected chi connectivity index (χ2v) is 8.05. The highest BCUT2D eigenvalue weighted by atomic mass is 16.6. The van der Waals surface area contributed by atoms with Gasteiger partial charge in [-0.3, -0.25) is 15.2 Å². The summed E-state index contributed by atoms with van der Waals surface area (Å²) in [5.41, 5.74) is 2.75. The van der Waals surface area contributed by atoms with Gasteiger partial charge in [-0.2, -0.15) is 0 Å². The number of aliphatic hydroxyl groups is 1. The molecule has 0 radical (unpaired) electrons. The van der Waals surface area contributed by atoms with Crippen LogP contribution < -0.4 is 5.43 Å². The van der Waals surface area contributed by atoms with Crippen molar-refractivity contribution in [3.8, 4) is 0 Å². The molecule has 0 saturated carbocycles. The van der Waals surface area contributed by atoms with Crippen molar-refractivity contribution in [2.75, 3.05) is 0 Å². The molecular weight excluding hydrogens is 346 g/mol. The van der Waals surface area contributed by atoms with Crippen molar-refractivity contribution < 1.29 is 19.4 Å². The van der Waals surface area contributed by atoms with Crippen LogP contribution in [0.2, 0.25) is 0 Å². The summed E-state index contributed by atoms with van der Waals surface area (Å²) in [7, 11) is 0. The zero-order chi connectivity index (χ0) is 20.6. The predicted octanol–water partition coefficient (Wildman–Crippen LogP) is 3.28. The van der Waals surface area contributed by atoms with E-state index in [1.54, 1.807) is 39.2 Å². The average Bonchev–Trinajstić information content (AvgIpc) is 2.57. The Balaban J connectivity index is 2.96. The van der Waals surface area contributed by atoms with E-state index < -0.39 is 23.7 Å². The van der Waals surface area contributed by atoms with Crippen LogP contribution in [-0.4, -0.2) is 38.8 Å². The first kappa shape index (κ1) is 22.9. The van der Waals surface area contributed by atoms with Crippen molar-refractivity contribution in [3.63, 3.8) is 0 Å². The first-order valence-electron chi connectivity index (χ1n) is 9.41. The SMILES string of the molecule is CC[C@H](O)C[C@H](C(=O)NN(Cc1cccnc1)C(=O)OC(C)(C)C)C(C)C. The molecule has 2 amide bonds. The van der Waals surface area contributed by atoms with Crippen LogP contribution in [0.15, 0.2) is 24.5 Å². The van der Waals surface area contributed by atoms with Gasteiger partial charge in [-0.05, 0) is 51.2 Å². The quantitative estimate of drug-likeness (QED) is 0.709. The predicted molar refractivity (Wildman–Crippen MR) is 103 cm³/mol. The lowest BCUT2D eigenvalue weighted by Gasteiger charge is -2.30. The molecule has 7 heteroatoms. The van der Waals surface area contributed by atoms with Gasteiger partial charge in [0.1, 0.15) is 5.60 Å². The molecule has 1 aromatic heterocycles. The number of pyridine rings is 1. The van der Waals surface area contributed by atoms with Crippen molar-refractivity contribution in [1.82, 2.24) is 15.4 Å². The smallest absolute Gasteiger partial charge is 0.429 e. The molecule has 2 atom stereocenters. The summed E-state index contributed by atoms with van der Waals surface area (Å²) >= 11 is 0. The number of hydrazine groups is 1. The molecule has 0 aliphatic heterocycles. The lowest BCUT2D eigenvalue weighted by molar-refractivity contribution is -0.132. The van der Waals surface area contributed by atoms with Gasteiger partial charge in [0.05, 0.1) is 12.6 Å². The third-order valence-corrected chi connectivity index (χ3v) is 4.06. The van der Waals surface area contributed by atoms with Gasteiger partial charge >= 0.3 is 6.09 Å². The zero-order valence-corrected chi connectivity index (χ0v) is 17.2. The molecule has 7 nitrogen and oxygen atoms in total. The molecule has 1 rings (SSSR count). The van der Waals surface area contributed by atoms with E-state index in [1.807, 2.05) is 26.8 Å². The van der Waals surface area contributed by atoms with Crippen molar-refractivity contribution in [1.29, 1.82) is 0 Å². The van der Waals surface area contributed by atoms with Gasteiger partial charge in [0.15, 0.2) is 0 Å². The molecule has 0 aromatic carbocycles. The Morgan fingerprint density at radius 2 is 2.00 bits per heavy atom. The number of hydrogen-bond acceptors (Lipinski definition) is 5. The highest BCUT2D eigenvalue weighted by molar-refractivity contribution is 5.81. The van der Waals surface area contributed by atoms with Gasteiger partial charge < -0.3 is 9.84 Å². The van der Waals surface area contributed by atoms with Crippen molar-refractivity contribution in [2.24, 2.45) is 11.8 Å². The Bertz CT molecular complexity index is 599. The number of nitrogens with one attached hydrogen (secondary N) is 1. The van der Waals surface area contributed by atoms with E-state index in [0.29, 0.717) is 12.8 Å². The summed E-state index contributed by atoms with van der Waals surface area (Å²) in [6, 6.07) is 3.58. The van der Waals surface area contributed by atoms with E-state index >= 15 is 0 Å². The molecule has 0 bridgehead atoms. The largest absolute Gasteiger partial charge is 0.442 e. The maximum Gasteiger partial charge on any atom is 0.429 e. The third kappa shape index (κ3) is 8.39. The van der Waals surface area contributed by atoms with Crippen LogP contribution >= 0.6 is 0 Å². The highest BCUT2D eigenvalue weighted by Gasteiger charge is 2.29. The number of nitrogens with zero attached hydrogens (tertiary/aromatic N) is 2. The molecule has 0 spiro atoms. The van der Waals surface area contributed by atoms with E-state index in [0.717, 1.165) is 10.6 Å². The van der Waals surface area contributed by atoms with E-state index in [4.69, 9.17) is 4.74 Å². The van der Waals surface area contributed by atoms with Gasteiger partial charge in [0.2, 0.25) is 5.91 Å². The Labute approximate surface area is 162 Å². The van der Waals surface area contributed by atoms with Gasteiger partial charge in [0.25, 0.3) is 0 Å². The fraction of sp³-hybridized carbons (Fsp3) is 0.650. The topological polar surface area (TPSA) is 91.8 Å². The van der Waals surface area contributed by atoms with Gasteiger partial charge in [-0.25, -0.2) is 9.80 Å². The number of aliphatic hydroxyl groups excluding tert-OH is 1. The first-order chi connectivity index (χ1) is 12.5. The molecule has 1 heterocycles. The number of carbonyl (C=O) groups excluding carboxylic acids is 2. The van der Waals surface area contributed by atoms with Crippen LogP contribution in [0.3, 0.4) is 0 Å². The maximum atomic E-state index is 12.8. The minimum absolute atomic E-state index is 0.0186. The van der Waals surface area contributed by atoms with Crippen LogP contribution in [0.1, 0.15) is 59.9 Å². The minimum atomic E-state index is -0.690. The number of amides is 2. The number of hydrogen-bond donors (Lipinski definition) is 2. The number of carbonyl (C=O) groups is 2. The zero-order valence-electron chi connectivity index (χ0n) is 17.2. The van der Waals surface area contributed by atoms with E-state index in [9.17, 15) is 14.7 Å². The summed E-state index contributed by atoms with van der Waals surface area (Å²) in [6.07, 6.45) is 2.98. The standard InChI is InChI=1S/C20H33N3O4/c1-7-16(24)11-17(14(2)3)18(25)22-23(19(26)27-20(4,5)6)13-15-9-8-10-21-12-15/h8-10,12,14,16-17,24H,7,11,13H2,1-6H3,(H,22,25)/t16-,17-/m0/s1. The Morgan fingerprint density at radius 3 is 2.48 bits per heavy atom. The summed E-state index contributed by atoms with van der Waals surface area (Å²) in [5, 5.41) is 11.1. The van der Waals surface area contributed by atoms with Crippen molar-refractivity contribution in [2.45, 2.75) is 72.6 Å². The van der Waals surface area contributed by atoms with Crippen LogP contribution in [0.5, 0.6) is 0 Å². The summed E-state index contributed by atoms with van der Waals surface area (Å²) in [6.45, 7) is 11.2. The highest BCUT2D eigenvalue weighted by Crippen LogP contribution is 2.20. The monoisotopic (exact) mass is 379 g/mol. The van der Waals surface area contributed by atoms with E-state index in [-0.39, 0.29) is 18.4 Å². The number of rotatable bonds is 7. The minimum Gasteiger partial charge on any atom is -0.442 e. The van der Waals surface area contributed by atoms with Gasteiger partial charge in [-0.15, -0.1) is 0 Å². The second kappa shape index (κ2) is 10.3. The molecule has 0 saturated heterocycles. The average molecular weight is 380 g/mol. The molecule has 0 unspecified atom stereocenters. The molecule has 2 N–H and O–H groups in total. The Morgan fingerprint density at radius 1 is 1.33 bits per heavy atom. The van der Waals surface area contributed by atoms with E-state index in [2.05, 4.69) is 10.4 Å². The lowest BCUT2D eigenvalue weighted by Crippen LogP contribution is -2.50. The lowest BCUT2D eigenvalue weighted by atomic mass is 9.89. The van der Waals surface area contributed by atoms with Crippen molar-refractivity contribution in [3.05, 3.63) is 30.1 Å². The normalized spacial score (nSPS) is 13.8. The Hall–Kier alpha value is -2.15. The second-order valence-electron chi connectivity index (χ2n) is 8.05. The fourth-order valence-corrected chi connectivity index (χ4v) is 2.50. The number of aromatic nitrogens is 1.